The minimum Gasteiger partial charge on any atom is -0.492 e. The van der Waals surface area contributed by atoms with Gasteiger partial charge < -0.3 is 20.7 Å². The number of fused-ring (bicyclic) bond motifs is 1. The fourth-order valence-corrected chi connectivity index (χ4v) is 4.30. The molecule has 0 radical (unpaired) electrons. The molecule has 3 N–H and O–H groups in total. The summed E-state index contributed by atoms with van der Waals surface area (Å²) in [6.07, 6.45) is 5.00. The van der Waals surface area contributed by atoms with E-state index in [0.717, 1.165) is 50.0 Å². The molecule has 0 aliphatic carbocycles. The highest BCUT2D eigenvalue weighted by atomic mass is 32.1. The first-order chi connectivity index (χ1) is 12.6. The Hall–Kier alpha value is -1.24. The number of para-hydroxylation sites is 1. The predicted molar refractivity (Wildman–Crippen MR) is 108 cm³/mol. The predicted octanol–water partition coefficient (Wildman–Crippen LogP) is 2.24. The summed E-state index contributed by atoms with van der Waals surface area (Å²) in [6.45, 7) is 5.06. The highest BCUT2D eigenvalue weighted by molar-refractivity contribution is 7.80. The number of piperazine rings is 1. The molecule has 5 nitrogen and oxygen atoms in total. The molecular formula is C20H31N3O2S. The number of carbonyl (C=O) groups is 1. The SMILES string of the molecule is CCCC[C@]1(C[C@@H](N)CS)CN(C(=O)c2cccc3c2OCC3)CCN1. The van der Waals surface area contributed by atoms with Gasteiger partial charge in [-0.15, -0.1) is 0 Å². The van der Waals surface area contributed by atoms with Gasteiger partial charge in [0.1, 0.15) is 5.75 Å². The number of nitrogens with one attached hydrogen (secondary N) is 1. The van der Waals surface area contributed by atoms with E-state index in [1.54, 1.807) is 0 Å². The molecule has 26 heavy (non-hydrogen) atoms. The number of unbranched alkanes of at least 4 members (excludes halogenated alkanes) is 1. The number of rotatable bonds is 7. The standard InChI is InChI=1S/C20H31N3O2S/c1-2-3-8-20(12-16(21)13-26)14-23(10-9-22-20)19(24)17-6-4-5-15-7-11-25-18(15)17/h4-6,16,22,26H,2-3,7-14,21H2,1H3/t16-,20+/m1/s1. The van der Waals surface area contributed by atoms with Crippen LogP contribution in [0.1, 0.15) is 48.5 Å². The maximum absolute atomic E-state index is 13.2. The van der Waals surface area contributed by atoms with E-state index in [1.807, 2.05) is 23.1 Å². The number of amides is 1. The van der Waals surface area contributed by atoms with E-state index in [2.05, 4.69) is 24.9 Å². The largest absolute Gasteiger partial charge is 0.492 e. The summed E-state index contributed by atoms with van der Waals surface area (Å²) >= 11 is 4.36. The summed E-state index contributed by atoms with van der Waals surface area (Å²) in [7, 11) is 0. The topological polar surface area (TPSA) is 67.6 Å². The van der Waals surface area contributed by atoms with Gasteiger partial charge in [-0.2, -0.15) is 12.6 Å². The molecule has 2 aliphatic rings. The van der Waals surface area contributed by atoms with Crippen LogP contribution in [0, 0.1) is 0 Å². The lowest BCUT2D eigenvalue weighted by Gasteiger charge is -2.45. The fourth-order valence-electron chi connectivity index (χ4n) is 4.17. The van der Waals surface area contributed by atoms with E-state index in [-0.39, 0.29) is 17.5 Å². The second kappa shape index (κ2) is 8.63. The normalized spacial score (nSPS) is 23.4. The van der Waals surface area contributed by atoms with Gasteiger partial charge in [-0.3, -0.25) is 4.79 Å². The minimum atomic E-state index is -0.120. The molecule has 0 spiro atoms. The Morgan fingerprint density at radius 3 is 3.12 bits per heavy atom. The number of hydrogen-bond acceptors (Lipinski definition) is 5. The van der Waals surface area contributed by atoms with E-state index in [9.17, 15) is 4.79 Å². The maximum atomic E-state index is 13.2. The van der Waals surface area contributed by atoms with Gasteiger partial charge in [-0.25, -0.2) is 0 Å². The molecule has 6 heteroatoms. The van der Waals surface area contributed by atoms with Gasteiger partial charge >= 0.3 is 0 Å². The number of hydrogen-bond donors (Lipinski definition) is 3. The highest BCUT2D eigenvalue weighted by Crippen LogP contribution is 2.32. The van der Waals surface area contributed by atoms with Gasteiger partial charge in [0.05, 0.1) is 12.2 Å². The first-order valence-electron chi connectivity index (χ1n) is 9.74. The number of benzene rings is 1. The van der Waals surface area contributed by atoms with Crippen LogP contribution in [0.25, 0.3) is 0 Å². The van der Waals surface area contributed by atoms with Crippen molar-refractivity contribution < 1.29 is 9.53 Å². The maximum Gasteiger partial charge on any atom is 0.257 e. The average Bonchev–Trinajstić information content (AvgIpc) is 3.14. The molecular weight excluding hydrogens is 346 g/mol. The molecule has 1 amide bonds. The molecule has 2 aliphatic heterocycles. The Morgan fingerprint density at radius 2 is 2.35 bits per heavy atom. The monoisotopic (exact) mass is 377 g/mol. The van der Waals surface area contributed by atoms with Crippen LogP contribution >= 0.6 is 12.6 Å². The minimum absolute atomic E-state index is 0.0297. The molecule has 1 aromatic rings. The van der Waals surface area contributed by atoms with Gasteiger partial charge in [0.25, 0.3) is 5.91 Å². The quantitative estimate of drug-likeness (QED) is 0.638. The third-order valence-electron chi connectivity index (χ3n) is 5.50. The smallest absolute Gasteiger partial charge is 0.257 e. The van der Waals surface area contributed by atoms with Crippen molar-refractivity contribution in [3.05, 3.63) is 29.3 Å². The Labute approximate surface area is 162 Å². The summed E-state index contributed by atoms with van der Waals surface area (Å²) in [4.78, 5) is 15.2. The van der Waals surface area contributed by atoms with Gasteiger partial charge in [-0.05, 0) is 24.5 Å². The van der Waals surface area contributed by atoms with Crippen LogP contribution < -0.4 is 15.8 Å². The van der Waals surface area contributed by atoms with Crippen molar-refractivity contribution in [3.63, 3.8) is 0 Å². The Balaban J connectivity index is 1.79. The lowest BCUT2D eigenvalue weighted by atomic mass is 9.84. The number of ether oxygens (including phenoxy) is 1. The van der Waals surface area contributed by atoms with Gasteiger partial charge in [0.2, 0.25) is 0 Å². The Kier molecular flexibility index (Phi) is 6.48. The third-order valence-corrected chi connectivity index (χ3v) is 5.97. The van der Waals surface area contributed by atoms with Crippen molar-refractivity contribution in [1.29, 1.82) is 0 Å². The van der Waals surface area contributed by atoms with E-state index in [1.165, 1.54) is 0 Å². The molecule has 144 valence electrons. The van der Waals surface area contributed by atoms with Crippen molar-refractivity contribution >= 4 is 18.5 Å². The Bertz CT molecular complexity index is 639. The molecule has 0 saturated carbocycles. The van der Waals surface area contributed by atoms with Crippen LogP contribution in [-0.2, 0) is 6.42 Å². The molecule has 0 bridgehead atoms. The van der Waals surface area contributed by atoms with Crippen LogP contribution in [0.2, 0.25) is 0 Å². The van der Waals surface area contributed by atoms with E-state index in [0.29, 0.717) is 31.0 Å². The van der Waals surface area contributed by atoms with Crippen molar-refractivity contribution in [3.8, 4) is 5.75 Å². The average molecular weight is 378 g/mol. The van der Waals surface area contributed by atoms with Crippen molar-refractivity contribution in [2.45, 2.75) is 50.6 Å². The molecule has 0 aromatic heterocycles. The molecule has 1 aromatic carbocycles. The second-order valence-electron chi connectivity index (χ2n) is 7.58. The lowest BCUT2D eigenvalue weighted by Crippen LogP contribution is -2.63. The van der Waals surface area contributed by atoms with Crippen molar-refractivity contribution in [2.24, 2.45) is 5.73 Å². The number of carbonyl (C=O) groups excluding carboxylic acids is 1. The van der Waals surface area contributed by atoms with Crippen molar-refractivity contribution in [1.82, 2.24) is 10.2 Å². The third kappa shape index (κ3) is 4.18. The van der Waals surface area contributed by atoms with E-state index < -0.39 is 0 Å². The lowest BCUT2D eigenvalue weighted by molar-refractivity contribution is 0.0578. The zero-order chi connectivity index (χ0) is 18.6. The molecule has 2 heterocycles. The molecule has 1 fully saturated rings. The number of nitrogens with zero attached hydrogens (tertiary/aromatic N) is 1. The zero-order valence-corrected chi connectivity index (χ0v) is 16.6. The summed E-state index contributed by atoms with van der Waals surface area (Å²) in [5.74, 6) is 1.51. The molecule has 1 saturated heterocycles. The second-order valence-corrected chi connectivity index (χ2v) is 7.94. The van der Waals surface area contributed by atoms with Gasteiger partial charge in [0, 0.05) is 43.4 Å². The van der Waals surface area contributed by atoms with Crippen LogP contribution in [0.15, 0.2) is 18.2 Å². The van der Waals surface area contributed by atoms with Crippen molar-refractivity contribution in [2.75, 3.05) is 32.0 Å². The number of nitrogens with two attached hydrogens (primary N) is 1. The zero-order valence-electron chi connectivity index (χ0n) is 15.7. The first kappa shape index (κ1) is 19.5. The van der Waals surface area contributed by atoms with Gasteiger partial charge in [0.15, 0.2) is 0 Å². The summed E-state index contributed by atoms with van der Waals surface area (Å²) in [6, 6.07) is 5.93. The first-order valence-corrected chi connectivity index (χ1v) is 10.4. The highest BCUT2D eigenvalue weighted by Gasteiger charge is 2.38. The van der Waals surface area contributed by atoms with Crippen LogP contribution in [0.4, 0.5) is 0 Å². The molecule has 2 atom stereocenters. The molecule has 0 unspecified atom stereocenters. The Morgan fingerprint density at radius 1 is 1.50 bits per heavy atom. The summed E-state index contributed by atoms with van der Waals surface area (Å²) < 4.78 is 5.75. The molecule has 3 rings (SSSR count). The van der Waals surface area contributed by atoms with Gasteiger partial charge in [-0.1, -0.05) is 31.9 Å². The summed E-state index contributed by atoms with van der Waals surface area (Å²) in [5.41, 5.74) is 7.95. The van der Waals surface area contributed by atoms with Crippen LogP contribution in [0.3, 0.4) is 0 Å². The van der Waals surface area contributed by atoms with E-state index >= 15 is 0 Å². The van der Waals surface area contributed by atoms with Crippen LogP contribution in [-0.4, -0.2) is 54.4 Å². The fraction of sp³-hybridized carbons (Fsp3) is 0.650. The summed E-state index contributed by atoms with van der Waals surface area (Å²) in [5, 5.41) is 3.68. The van der Waals surface area contributed by atoms with E-state index in [4.69, 9.17) is 10.5 Å². The van der Waals surface area contributed by atoms with Crippen LogP contribution in [0.5, 0.6) is 5.75 Å². The number of thiol groups is 1.